The van der Waals surface area contributed by atoms with Crippen LogP contribution in [0.4, 0.5) is 0 Å². The molecule has 1 aromatic rings. The molecule has 0 N–H and O–H groups in total. The molecule has 1 saturated heterocycles. The van der Waals surface area contributed by atoms with Crippen molar-refractivity contribution in [3.05, 3.63) is 23.4 Å². The normalized spacial score (nSPS) is 18.7. The van der Waals surface area contributed by atoms with E-state index < -0.39 is 0 Å². The summed E-state index contributed by atoms with van der Waals surface area (Å²) in [6.07, 6.45) is 1.87. The van der Waals surface area contributed by atoms with E-state index in [-0.39, 0.29) is 6.10 Å². The summed E-state index contributed by atoms with van der Waals surface area (Å²) < 4.78 is 10.3. The average molecular weight is 190 g/mol. The standard InChI is InChI=1S/C10H10N2O2/c1-7-2-8(3-11)10(12-4-7)14-6-9-5-13-9/h2,4,9H,5-6H2,1H3. The Balaban J connectivity index is 2.10. The van der Waals surface area contributed by atoms with Gasteiger partial charge in [-0.25, -0.2) is 4.98 Å². The number of nitriles is 1. The van der Waals surface area contributed by atoms with Crippen LogP contribution in [-0.4, -0.2) is 24.3 Å². The van der Waals surface area contributed by atoms with Gasteiger partial charge in [-0.15, -0.1) is 0 Å². The van der Waals surface area contributed by atoms with E-state index in [0.29, 0.717) is 18.1 Å². The van der Waals surface area contributed by atoms with E-state index in [2.05, 4.69) is 11.1 Å². The zero-order valence-corrected chi connectivity index (χ0v) is 7.86. The number of pyridine rings is 1. The van der Waals surface area contributed by atoms with E-state index >= 15 is 0 Å². The smallest absolute Gasteiger partial charge is 0.231 e. The zero-order valence-electron chi connectivity index (χ0n) is 7.86. The van der Waals surface area contributed by atoms with Gasteiger partial charge in [-0.05, 0) is 18.6 Å². The highest BCUT2D eigenvalue weighted by molar-refractivity contribution is 5.39. The molecule has 4 nitrogen and oxygen atoms in total. The molecule has 72 valence electrons. The van der Waals surface area contributed by atoms with E-state index in [1.54, 1.807) is 12.3 Å². The van der Waals surface area contributed by atoms with Crippen LogP contribution in [0.3, 0.4) is 0 Å². The molecule has 1 aliphatic heterocycles. The van der Waals surface area contributed by atoms with Crippen molar-refractivity contribution in [1.82, 2.24) is 4.98 Å². The Hall–Kier alpha value is -1.60. The fraction of sp³-hybridized carbons (Fsp3) is 0.400. The third-order valence-corrected chi connectivity index (χ3v) is 1.92. The van der Waals surface area contributed by atoms with Gasteiger partial charge >= 0.3 is 0 Å². The summed E-state index contributed by atoms with van der Waals surface area (Å²) in [4.78, 5) is 4.05. The van der Waals surface area contributed by atoms with Crippen molar-refractivity contribution < 1.29 is 9.47 Å². The minimum atomic E-state index is 0.185. The largest absolute Gasteiger partial charge is 0.474 e. The highest BCUT2D eigenvalue weighted by Crippen LogP contribution is 2.17. The van der Waals surface area contributed by atoms with Gasteiger partial charge < -0.3 is 9.47 Å². The molecular formula is C10H10N2O2. The van der Waals surface area contributed by atoms with Crippen molar-refractivity contribution in [1.29, 1.82) is 5.26 Å². The van der Waals surface area contributed by atoms with Crippen LogP contribution in [0.2, 0.25) is 0 Å². The Morgan fingerprint density at radius 1 is 1.79 bits per heavy atom. The van der Waals surface area contributed by atoms with Crippen LogP contribution in [0.25, 0.3) is 0 Å². The first kappa shape index (κ1) is 8.97. The van der Waals surface area contributed by atoms with Gasteiger partial charge in [-0.3, -0.25) is 0 Å². The van der Waals surface area contributed by atoms with Crippen LogP contribution in [0.1, 0.15) is 11.1 Å². The zero-order chi connectivity index (χ0) is 9.97. The molecule has 2 heterocycles. The number of aryl methyl sites for hydroxylation is 1. The Morgan fingerprint density at radius 2 is 2.57 bits per heavy atom. The second-order valence-corrected chi connectivity index (χ2v) is 3.24. The second-order valence-electron chi connectivity index (χ2n) is 3.24. The van der Waals surface area contributed by atoms with Crippen molar-refractivity contribution in [2.75, 3.05) is 13.2 Å². The van der Waals surface area contributed by atoms with E-state index in [0.717, 1.165) is 12.2 Å². The highest BCUT2D eigenvalue weighted by Gasteiger charge is 2.23. The number of rotatable bonds is 3. The predicted octanol–water partition coefficient (Wildman–Crippen LogP) is 1.04. The van der Waals surface area contributed by atoms with Crippen LogP contribution in [0, 0.1) is 18.3 Å². The number of nitrogens with zero attached hydrogens (tertiary/aromatic N) is 2. The molecule has 14 heavy (non-hydrogen) atoms. The van der Waals surface area contributed by atoms with E-state index in [4.69, 9.17) is 14.7 Å². The molecule has 0 radical (unpaired) electrons. The third-order valence-electron chi connectivity index (χ3n) is 1.92. The van der Waals surface area contributed by atoms with Gasteiger partial charge in [-0.2, -0.15) is 5.26 Å². The summed E-state index contributed by atoms with van der Waals surface area (Å²) in [5, 5.41) is 8.82. The van der Waals surface area contributed by atoms with Crippen molar-refractivity contribution in [3.63, 3.8) is 0 Å². The minimum absolute atomic E-state index is 0.185. The summed E-state index contributed by atoms with van der Waals surface area (Å²) >= 11 is 0. The molecule has 0 aliphatic carbocycles. The van der Waals surface area contributed by atoms with Crippen molar-refractivity contribution in [2.45, 2.75) is 13.0 Å². The van der Waals surface area contributed by atoms with Crippen LogP contribution >= 0.6 is 0 Å². The highest BCUT2D eigenvalue weighted by atomic mass is 16.6. The Kier molecular flexibility index (Phi) is 2.33. The molecule has 1 fully saturated rings. The summed E-state index contributed by atoms with van der Waals surface area (Å²) in [5.41, 5.74) is 1.43. The van der Waals surface area contributed by atoms with Gasteiger partial charge in [-0.1, -0.05) is 0 Å². The maximum atomic E-state index is 8.82. The summed E-state index contributed by atoms with van der Waals surface area (Å²) in [7, 11) is 0. The summed E-state index contributed by atoms with van der Waals surface area (Å²) in [5.74, 6) is 0.397. The van der Waals surface area contributed by atoms with E-state index in [1.807, 2.05) is 6.92 Å². The molecule has 0 spiro atoms. The first-order chi connectivity index (χ1) is 6.79. The molecule has 1 aliphatic rings. The van der Waals surface area contributed by atoms with Gasteiger partial charge in [0.15, 0.2) is 0 Å². The van der Waals surface area contributed by atoms with Gasteiger partial charge in [0.05, 0.1) is 6.61 Å². The first-order valence-corrected chi connectivity index (χ1v) is 4.41. The van der Waals surface area contributed by atoms with Gasteiger partial charge in [0.25, 0.3) is 0 Å². The number of aromatic nitrogens is 1. The lowest BCUT2D eigenvalue weighted by Crippen LogP contribution is -2.06. The maximum absolute atomic E-state index is 8.82. The molecular weight excluding hydrogens is 180 g/mol. The van der Waals surface area contributed by atoms with Gasteiger partial charge in [0.1, 0.15) is 24.3 Å². The monoisotopic (exact) mass is 190 g/mol. The SMILES string of the molecule is Cc1cnc(OCC2CO2)c(C#N)c1. The lowest BCUT2D eigenvalue weighted by molar-refractivity contribution is 0.254. The molecule has 1 unspecified atom stereocenters. The Morgan fingerprint density at radius 3 is 3.21 bits per heavy atom. The number of ether oxygens (including phenoxy) is 2. The van der Waals surface area contributed by atoms with Crippen molar-refractivity contribution >= 4 is 0 Å². The minimum Gasteiger partial charge on any atom is -0.474 e. The third kappa shape index (κ3) is 2.01. The fourth-order valence-corrected chi connectivity index (χ4v) is 1.09. The quantitative estimate of drug-likeness (QED) is 0.668. The van der Waals surface area contributed by atoms with E-state index in [1.165, 1.54) is 0 Å². The summed E-state index contributed by atoms with van der Waals surface area (Å²) in [6.45, 7) is 3.11. The van der Waals surface area contributed by atoms with Crippen molar-refractivity contribution in [2.24, 2.45) is 0 Å². The van der Waals surface area contributed by atoms with Crippen LogP contribution < -0.4 is 4.74 Å². The maximum Gasteiger partial charge on any atom is 0.231 e. The molecule has 0 amide bonds. The molecule has 0 aromatic carbocycles. The number of hydrogen-bond donors (Lipinski definition) is 0. The lowest BCUT2D eigenvalue weighted by atomic mass is 10.2. The lowest BCUT2D eigenvalue weighted by Gasteiger charge is -2.04. The van der Waals surface area contributed by atoms with Gasteiger partial charge in [0.2, 0.25) is 5.88 Å². The molecule has 2 rings (SSSR count). The Bertz CT molecular complexity index is 380. The first-order valence-electron chi connectivity index (χ1n) is 4.41. The average Bonchev–Trinajstić information content (AvgIpc) is 2.99. The van der Waals surface area contributed by atoms with Crippen LogP contribution in [0.15, 0.2) is 12.3 Å². The molecule has 0 bridgehead atoms. The number of epoxide rings is 1. The second kappa shape index (κ2) is 3.64. The summed E-state index contributed by atoms with van der Waals surface area (Å²) in [6, 6.07) is 3.81. The van der Waals surface area contributed by atoms with Gasteiger partial charge in [0, 0.05) is 6.20 Å². The van der Waals surface area contributed by atoms with Crippen LogP contribution in [0.5, 0.6) is 5.88 Å². The topological polar surface area (TPSA) is 58.4 Å². The van der Waals surface area contributed by atoms with Crippen molar-refractivity contribution in [3.8, 4) is 11.9 Å². The molecule has 0 saturated carbocycles. The molecule has 1 aromatic heterocycles. The number of hydrogen-bond acceptors (Lipinski definition) is 4. The van der Waals surface area contributed by atoms with Crippen LogP contribution in [-0.2, 0) is 4.74 Å². The van der Waals surface area contributed by atoms with E-state index in [9.17, 15) is 0 Å². The Labute approximate surface area is 82.1 Å². The molecule has 4 heteroatoms. The molecule has 1 atom stereocenters. The fourth-order valence-electron chi connectivity index (χ4n) is 1.09. The predicted molar refractivity (Wildman–Crippen MR) is 48.9 cm³/mol.